The predicted molar refractivity (Wildman–Crippen MR) is 126 cm³/mol. The van der Waals surface area contributed by atoms with Gasteiger partial charge in [0.05, 0.1) is 29.6 Å². The maximum absolute atomic E-state index is 12.7. The number of nitrogens with zero attached hydrogens (tertiary/aromatic N) is 4. The third-order valence-corrected chi connectivity index (χ3v) is 6.65. The van der Waals surface area contributed by atoms with Crippen molar-refractivity contribution in [3.8, 4) is 11.6 Å². The lowest BCUT2D eigenvalue weighted by atomic mass is 10.1. The molecular weight excluding hydrogens is 466 g/mol. The number of allylic oxidation sites excluding steroid dienone is 1. The summed E-state index contributed by atoms with van der Waals surface area (Å²) in [7, 11) is 4.48. The molecule has 0 bridgehead atoms. The summed E-state index contributed by atoms with van der Waals surface area (Å²) in [5.74, 6) is -0.184. The van der Waals surface area contributed by atoms with Gasteiger partial charge >= 0.3 is 5.97 Å². The predicted octanol–water partition coefficient (Wildman–Crippen LogP) is 3.31. The lowest BCUT2D eigenvalue weighted by Gasteiger charge is -2.08. The van der Waals surface area contributed by atoms with Crippen molar-refractivity contribution < 1.29 is 23.5 Å². The lowest BCUT2D eigenvalue weighted by molar-refractivity contribution is -0.113. The molecule has 33 heavy (non-hydrogen) atoms. The number of amides is 2. The van der Waals surface area contributed by atoms with E-state index < -0.39 is 5.97 Å². The molecule has 174 valence electrons. The van der Waals surface area contributed by atoms with Crippen LogP contribution in [0, 0.1) is 6.92 Å². The van der Waals surface area contributed by atoms with Crippen molar-refractivity contribution in [1.82, 2.24) is 19.7 Å². The van der Waals surface area contributed by atoms with Gasteiger partial charge in [0.15, 0.2) is 10.9 Å². The molecule has 0 aromatic carbocycles. The maximum Gasteiger partial charge on any atom is 0.341 e. The molecule has 0 fully saturated rings. The first-order valence-corrected chi connectivity index (χ1v) is 11.5. The zero-order valence-corrected chi connectivity index (χ0v) is 20.2. The van der Waals surface area contributed by atoms with E-state index in [9.17, 15) is 14.4 Å². The summed E-state index contributed by atoms with van der Waals surface area (Å²) in [5.41, 5.74) is 0.628. The average Bonchev–Trinajstić information content (AvgIpc) is 3.51. The van der Waals surface area contributed by atoms with Crippen LogP contribution >= 0.6 is 23.1 Å². The minimum Gasteiger partial charge on any atom is -0.465 e. The molecule has 2 amide bonds. The van der Waals surface area contributed by atoms with Gasteiger partial charge in [-0.15, -0.1) is 28.1 Å². The first-order valence-electron chi connectivity index (χ1n) is 9.72. The Morgan fingerprint density at radius 2 is 2.12 bits per heavy atom. The number of ether oxygens (including phenoxy) is 1. The third kappa shape index (κ3) is 5.17. The van der Waals surface area contributed by atoms with Gasteiger partial charge < -0.3 is 19.4 Å². The van der Waals surface area contributed by atoms with Crippen molar-refractivity contribution in [3.05, 3.63) is 47.1 Å². The van der Waals surface area contributed by atoms with E-state index >= 15 is 0 Å². The Bertz CT molecular complexity index is 1180. The number of anilines is 1. The fourth-order valence-corrected chi connectivity index (χ4v) is 4.91. The highest BCUT2D eigenvalue weighted by molar-refractivity contribution is 7.99. The number of thioether (sulfide) groups is 1. The van der Waals surface area contributed by atoms with Crippen molar-refractivity contribution >= 4 is 45.9 Å². The fourth-order valence-electron chi connectivity index (χ4n) is 2.93. The number of esters is 1. The monoisotopic (exact) mass is 489 g/mol. The van der Waals surface area contributed by atoms with Crippen LogP contribution in [0.15, 0.2) is 40.6 Å². The molecule has 0 spiro atoms. The van der Waals surface area contributed by atoms with E-state index in [0.29, 0.717) is 33.7 Å². The number of methoxy groups -OCH3 is 1. The zero-order valence-electron chi connectivity index (χ0n) is 18.6. The van der Waals surface area contributed by atoms with Crippen molar-refractivity contribution in [3.63, 3.8) is 0 Å². The van der Waals surface area contributed by atoms with Crippen molar-refractivity contribution in [2.45, 2.75) is 18.6 Å². The number of rotatable bonds is 9. The van der Waals surface area contributed by atoms with Crippen molar-refractivity contribution in [2.75, 3.05) is 32.3 Å². The van der Waals surface area contributed by atoms with E-state index in [0.717, 1.165) is 11.3 Å². The van der Waals surface area contributed by atoms with Crippen molar-refractivity contribution in [2.24, 2.45) is 0 Å². The van der Waals surface area contributed by atoms with Crippen LogP contribution < -0.4 is 5.32 Å². The first kappa shape index (κ1) is 24.3. The molecule has 3 aromatic heterocycles. The number of furan rings is 1. The maximum atomic E-state index is 12.7. The molecule has 3 heterocycles. The van der Waals surface area contributed by atoms with Gasteiger partial charge in [-0.3, -0.25) is 14.2 Å². The Balaban J connectivity index is 1.79. The number of hydrogen-bond acceptors (Lipinski definition) is 9. The van der Waals surface area contributed by atoms with Gasteiger partial charge in [-0.05, 0) is 24.6 Å². The summed E-state index contributed by atoms with van der Waals surface area (Å²) in [4.78, 5) is 39.3. The summed E-state index contributed by atoms with van der Waals surface area (Å²) in [6.07, 6.45) is 3.24. The molecule has 0 saturated carbocycles. The first-order chi connectivity index (χ1) is 15.8. The number of carbonyl (C=O) groups is 3. The van der Waals surface area contributed by atoms with E-state index in [4.69, 9.17) is 9.15 Å². The van der Waals surface area contributed by atoms with Gasteiger partial charge in [-0.2, -0.15) is 0 Å². The van der Waals surface area contributed by atoms with Gasteiger partial charge in [0, 0.05) is 20.6 Å². The molecule has 0 aliphatic carbocycles. The van der Waals surface area contributed by atoms with E-state index in [1.807, 2.05) is 0 Å². The lowest BCUT2D eigenvalue weighted by Crippen LogP contribution is -2.21. The summed E-state index contributed by atoms with van der Waals surface area (Å²) < 4.78 is 12.0. The molecule has 3 rings (SSSR count). The minimum atomic E-state index is -0.627. The van der Waals surface area contributed by atoms with Gasteiger partial charge in [0.25, 0.3) is 5.91 Å². The Kier molecular flexibility index (Phi) is 7.71. The number of hydrogen-bond donors (Lipinski definition) is 1. The number of carbonyl (C=O) groups excluding carboxylic acids is 3. The summed E-state index contributed by atoms with van der Waals surface area (Å²) in [6.45, 7) is 5.83. The van der Waals surface area contributed by atoms with Crippen molar-refractivity contribution in [1.29, 1.82) is 0 Å². The molecule has 0 atom stereocenters. The van der Waals surface area contributed by atoms with Gasteiger partial charge in [-0.1, -0.05) is 17.8 Å². The third-order valence-electron chi connectivity index (χ3n) is 4.49. The van der Waals surface area contributed by atoms with Crippen LogP contribution in [-0.4, -0.2) is 64.4 Å². The highest BCUT2D eigenvalue weighted by Gasteiger charge is 2.27. The minimum absolute atomic E-state index is 0.00194. The molecule has 10 nitrogen and oxygen atoms in total. The zero-order chi connectivity index (χ0) is 24.1. The van der Waals surface area contributed by atoms with Crippen LogP contribution in [0.2, 0.25) is 0 Å². The molecule has 0 radical (unpaired) electrons. The van der Waals surface area contributed by atoms with Gasteiger partial charge in [0.2, 0.25) is 11.7 Å². The van der Waals surface area contributed by atoms with E-state index in [-0.39, 0.29) is 28.1 Å². The Morgan fingerprint density at radius 1 is 1.36 bits per heavy atom. The smallest absolute Gasteiger partial charge is 0.341 e. The molecule has 0 unspecified atom stereocenters. The second-order valence-electron chi connectivity index (χ2n) is 6.97. The quantitative estimate of drug-likeness (QED) is 0.276. The molecule has 12 heteroatoms. The highest BCUT2D eigenvalue weighted by atomic mass is 32.2. The molecule has 1 N–H and O–H groups in total. The molecule has 0 aliphatic rings. The van der Waals surface area contributed by atoms with E-state index in [2.05, 4.69) is 22.1 Å². The second kappa shape index (κ2) is 10.5. The topological polar surface area (TPSA) is 120 Å². The number of nitrogens with one attached hydrogen (secondary N) is 1. The summed E-state index contributed by atoms with van der Waals surface area (Å²) >= 11 is 2.21. The summed E-state index contributed by atoms with van der Waals surface area (Å²) in [6, 6.07) is 3.52. The second-order valence-corrected chi connectivity index (χ2v) is 8.93. The standard InChI is InChI=1S/C21H23N5O5S2/c1-6-9-26-17(13-8-7-10-31-13)23-24-21(26)32-11-14(27)22-18-15(20(29)30-5)12(2)16(33-18)19(28)25(3)4/h6-8,10H,1,9,11H2,2-5H3,(H,22,27). The van der Waals surface area contributed by atoms with Crippen LogP contribution in [0.5, 0.6) is 0 Å². The van der Waals surface area contributed by atoms with Gasteiger partial charge in [-0.25, -0.2) is 4.79 Å². The molecule has 0 aliphatic heterocycles. The molecular formula is C21H23N5O5S2. The SMILES string of the molecule is C=CCn1c(SCC(=O)Nc2sc(C(=O)N(C)C)c(C)c2C(=O)OC)nnc1-c1ccco1. The van der Waals surface area contributed by atoms with Gasteiger partial charge in [0.1, 0.15) is 5.00 Å². The highest BCUT2D eigenvalue weighted by Crippen LogP contribution is 2.34. The van der Waals surface area contributed by atoms with Crippen LogP contribution in [0.1, 0.15) is 25.6 Å². The average molecular weight is 490 g/mol. The number of thiophene rings is 1. The van der Waals surface area contributed by atoms with Crippen LogP contribution in [-0.2, 0) is 16.1 Å². The van der Waals surface area contributed by atoms with Crippen LogP contribution in [0.4, 0.5) is 5.00 Å². The normalized spacial score (nSPS) is 10.7. The molecule has 3 aromatic rings. The Labute approximate surface area is 198 Å². The largest absolute Gasteiger partial charge is 0.465 e. The Hall–Kier alpha value is -3.38. The van der Waals surface area contributed by atoms with E-state index in [1.165, 1.54) is 23.8 Å². The number of aromatic nitrogens is 3. The fraction of sp³-hybridized carbons (Fsp3) is 0.286. The molecule has 0 saturated heterocycles. The van der Waals surface area contributed by atoms with Crippen LogP contribution in [0.3, 0.4) is 0 Å². The van der Waals surface area contributed by atoms with Crippen LogP contribution in [0.25, 0.3) is 11.6 Å². The van der Waals surface area contributed by atoms with E-state index in [1.54, 1.807) is 50.1 Å². The Morgan fingerprint density at radius 3 is 2.73 bits per heavy atom. The summed E-state index contributed by atoms with van der Waals surface area (Å²) in [5, 5.41) is 11.8.